The maximum absolute atomic E-state index is 6.11. The van der Waals surface area contributed by atoms with Gasteiger partial charge in [-0.3, -0.25) is 0 Å². The summed E-state index contributed by atoms with van der Waals surface area (Å²) in [6, 6.07) is 16.8. The lowest BCUT2D eigenvalue weighted by Gasteiger charge is -2.16. The molecule has 2 N–H and O–H groups in total. The second-order valence-corrected chi connectivity index (χ2v) is 9.42. The third-order valence-electron chi connectivity index (χ3n) is 5.12. The number of para-hydroxylation sites is 1. The van der Waals surface area contributed by atoms with Crippen molar-refractivity contribution in [2.45, 2.75) is 13.2 Å². The maximum atomic E-state index is 6.11. The van der Waals surface area contributed by atoms with Gasteiger partial charge in [0.2, 0.25) is 4.77 Å². The summed E-state index contributed by atoms with van der Waals surface area (Å²) in [4.78, 5) is 0. The number of ether oxygens (including phenoxy) is 3. The van der Waals surface area contributed by atoms with Crippen LogP contribution in [0.5, 0.6) is 17.2 Å². The first-order valence-electron chi connectivity index (χ1n) is 10.4. The Morgan fingerprint density at radius 2 is 1.77 bits per heavy atom. The number of hydrogen-bond donors (Lipinski definition) is 2. The average Bonchev–Trinajstić information content (AvgIpc) is 3.23. The number of hydrogen-bond acceptors (Lipinski definition) is 6. The molecule has 0 spiro atoms. The van der Waals surface area contributed by atoms with Gasteiger partial charge in [-0.2, -0.15) is 5.10 Å². The Bertz CT molecular complexity index is 1410. The zero-order valence-electron chi connectivity index (χ0n) is 18.8. The lowest BCUT2D eigenvalue weighted by atomic mass is 10.2. The number of benzene rings is 3. The van der Waals surface area contributed by atoms with Gasteiger partial charge in [-0.1, -0.05) is 41.4 Å². The number of methoxy groups -OCH3 is 2. The van der Waals surface area contributed by atoms with Crippen molar-refractivity contribution in [3.8, 4) is 28.6 Å². The zero-order valence-corrected chi connectivity index (χ0v) is 22.7. The molecule has 0 atom stereocenters. The fourth-order valence-electron chi connectivity index (χ4n) is 3.42. The van der Waals surface area contributed by atoms with E-state index in [1.54, 1.807) is 31.0 Å². The van der Waals surface area contributed by atoms with Crippen LogP contribution in [0.2, 0.25) is 10.0 Å². The van der Waals surface area contributed by atoms with Crippen molar-refractivity contribution in [1.82, 2.24) is 14.9 Å². The van der Waals surface area contributed by atoms with Gasteiger partial charge in [0, 0.05) is 0 Å². The fourth-order valence-corrected chi connectivity index (χ4v) is 4.55. The molecule has 182 valence electrons. The summed E-state index contributed by atoms with van der Waals surface area (Å²) < 4.78 is 20.0. The van der Waals surface area contributed by atoms with Crippen LogP contribution >= 0.6 is 51.3 Å². The van der Waals surface area contributed by atoms with Crippen LogP contribution in [0.25, 0.3) is 11.4 Å². The van der Waals surface area contributed by atoms with E-state index in [9.17, 15) is 0 Å². The summed E-state index contributed by atoms with van der Waals surface area (Å²) in [6.45, 7) is 0.744. The molecular weight excluding hydrogens is 575 g/mol. The summed E-state index contributed by atoms with van der Waals surface area (Å²) >= 11 is 21.1. The molecular formula is C24H21BrCl2N4O3S. The molecule has 35 heavy (non-hydrogen) atoms. The summed E-state index contributed by atoms with van der Waals surface area (Å²) in [5.41, 5.74) is 5.94. The van der Waals surface area contributed by atoms with Crippen LogP contribution < -0.4 is 19.6 Å². The molecule has 0 aliphatic rings. The molecule has 4 rings (SSSR count). The normalized spacial score (nSPS) is 10.8. The van der Waals surface area contributed by atoms with Gasteiger partial charge in [0.05, 0.1) is 40.8 Å². The number of halogens is 3. The van der Waals surface area contributed by atoms with E-state index in [4.69, 9.17) is 49.6 Å². The number of aromatic amines is 1. The predicted octanol–water partition coefficient (Wildman–Crippen LogP) is 7.02. The van der Waals surface area contributed by atoms with Gasteiger partial charge >= 0.3 is 0 Å². The highest BCUT2D eigenvalue weighted by Crippen LogP contribution is 2.37. The molecule has 0 bridgehead atoms. The minimum atomic E-state index is 0.301. The van der Waals surface area contributed by atoms with E-state index in [0.717, 1.165) is 21.2 Å². The number of rotatable bonds is 9. The van der Waals surface area contributed by atoms with Crippen LogP contribution in [0.15, 0.2) is 59.1 Å². The molecule has 0 amide bonds. The van der Waals surface area contributed by atoms with Crippen LogP contribution in [0.4, 0.5) is 0 Å². The summed E-state index contributed by atoms with van der Waals surface area (Å²) in [6.07, 6.45) is 0. The van der Waals surface area contributed by atoms with Crippen molar-refractivity contribution in [3.05, 3.63) is 85.0 Å². The Kier molecular flexibility index (Phi) is 8.22. The molecule has 0 saturated carbocycles. The molecule has 0 aliphatic heterocycles. The van der Waals surface area contributed by atoms with Crippen molar-refractivity contribution < 1.29 is 14.2 Å². The quantitative estimate of drug-likeness (QED) is 0.203. The molecule has 0 unspecified atom stereocenters. The van der Waals surface area contributed by atoms with Crippen molar-refractivity contribution >= 4 is 51.3 Å². The Balaban J connectivity index is 1.53. The van der Waals surface area contributed by atoms with E-state index >= 15 is 0 Å². The maximum Gasteiger partial charge on any atom is 0.214 e. The van der Waals surface area contributed by atoms with E-state index < -0.39 is 0 Å². The van der Waals surface area contributed by atoms with E-state index in [1.807, 2.05) is 42.5 Å². The highest BCUT2D eigenvalue weighted by Gasteiger charge is 2.15. The average molecular weight is 596 g/mol. The van der Waals surface area contributed by atoms with Gasteiger partial charge in [0.15, 0.2) is 17.3 Å². The second kappa shape index (κ2) is 11.3. The molecule has 1 heterocycles. The van der Waals surface area contributed by atoms with Crippen LogP contribution in [0.3, 0.4) is 0 Å². The molecule has 3 aromatic carbocycles. The SMILES string of the molecule is COc1ccccc1-c1n[nH]c(=S)n1NCc1cc(Br)c(OCc2ccc(Cl)c(Cl)c2)c(OC)c1. The van der Waals surface area contributed by atoms with Gasteiger partial charge in [-0.15, -0.1) is 0 Å². The largest absolute Gasteiger partial charge is 0.496 e. The Hall–Kier alpha value is -2.72. The third-order valence-corrected chi connectivity index (χ3v) is 6.72. The van der Waals surface area contributed by atoms with Crippen molar-refractivity contribution in [1.29, 1.82) is 0 Å². The zero-order chi connectivity index (χ0) is 24.9. The first kappa shape index (κ1) is 25.4. The van der Waals surface area contributed by atoms with E-state index in [-0.39, 0.29) is 0 Å². The highest BCUT2D eigenvalue weighted by atomic mass is 79.9. The lowest BCUT2D eigenvalue weighted by Crippen LogP contribution is -2.16. The molecule has 1 aromatic heterocycles. The third kappa shape index (κ3) is 5.75. The van der Waals surface area contributed by atoms with Gasteiger partial charge in [0.1, 0.15) is 12.4 Å². The van der Waals surface area contributed by atoms with Crippen molar-refractivity contribution in [3.63, 3.8) is 0 Å². The van der Waals surface area contributed by atoms with Crippen LogP contribution in [0, 0.1) is 4.77 Å². The first-order chi connectivity index (χ1) is 16.9. The molecule has 11 heteroatoms. The van der Waals surface area contributed by atoms with E-state index in [2.05, 4.69) is 31.6 Å². The minimum Gasteiger partial charge on any atom is -0.496 e. The van der Waals surface area contributed by atoms with Crippen LogP contribution in [-0.2, 0) is 13.2 Å². The summed E-state index contributed by atoms with van der Waals surface area (Å²) in [5, 5.41) is 8.18. The first-order valence-corrected chi connectivity index (χ1v) is 12.3. The standard InChI is InChI=1S/C24H21BrCl2N4O3S/c1-32-20-6-4-3-5-16(20)23-29-30-24(35)31(23)28-12-15-9-17(25)22(21(11-15)33-2)34-13-14-7-8-18(26)19(27)10-14/h3-11,28H,12-13H2,1-2H3,(H,30,35). The van der Waals surface area contributed by atoms with Gasteiger partial charge in [0.25, 0.3) is 0 Å². The monoisotopic (exact) mass is 594 g/mol. The molecule has 4 aromatic rings. The smallest absolute Gasteiger partial charge is 0.214 e. The molecule has 0 aliphatic carbocycles. The van der Waals surface area contributed by atoms with Crippen LogP contribution in [-0.4, -0.2) is 29.1 Å². The van der Waals surface area contributed by atoms with Crippen molar-refractivity contribution in [2.75, 3.05) is 19.6 Å². The molecule has 0 radical (unpaired) electrons. The molecule has 0 fully saturated rings. The number of nitrogens with one attached hydrogen (secondary N) is 2. The molecule has 7 nitrogen and oxygen atoms in total. The van der Waals surface area contributed by atoms with Gasteiger partial charge in [-0.25, -0.2) is 9.77 Å². The minimum absolute atomic E-state index is 0.301. The Morgan fingerprint density at radius 3 is 2.51 bits per heavy atom. The van der Waals surface area contributed by atoms with Gasteiger partial charge in [-0.05, 0) is 75.7 Å². The summed E-state index contributed by atoms with van der Waals surface area (Å²) in [7, 11) is 3.21. The lowest BCUT2D eigenvalue weighted by molar-refractivity contribution is 0.282. The second-order valence-electron chi connectivity index (χ2n) is 7.37. The van der Waals surface area contributed by atoms with Crippen LogP contribution in [0.1, 0.15) is 11.1 Å². The Morgan fingerprint density at radius 1 is 1.00 bits per heavy atom. The Labute approximate surface area is 226 Å². The predicted molar refractivity (Wildman–Crippen MR) is 144 cm³/mol. The summed E-state index contributed by atoms with van der Waals surface area (Å²) in [5.74, 6) is 2.46. The number of H-pyrrole nitrogens is 1. The number of nitrogens with zero attached hydrogens (tertiary/aromatic N) is 2. The van der Waals surface area contributed by atoms with Gasteiger partial charge < -0.3 is 19.6 Å². The highest BCUT2D eigenvalue weighted by molar-refractivity contribution is 9.10. The number of aromatic nitrogens is 3. The molecule has 0 saturated heterocycles. The van der Waals surface area contributed by atoms with E-state index in [1.165, 1.54) is 0 Å². The van der Waals surface area contributed by atoms with E-state index in [0.29, 0.717) is 51.0 Å². The van der Waals surface area contributed by atoms with Crippen molar-refractivity contribution in [2.24, 2.45) is 0 Å². The topological polar surface area (TPSA) is 73.3 Å². The fraction of sp³-hybridized carbons (Fsp3) is 0.167.